The number of nitrogens with one attached hydrogen (secondary N) is 1. The van der Waals surface area contributed by atoms with Crippen LogP contribution in [0, 0.1) is 5.41 Å². The van der Waals surface area contributed by atoms with Crippen molar-refractivity contribution in [2.45, 2.75) is 18.9 Å². The van der Waals surface area contributed by atoms with E-state index in [1.54, 1.807) is 30.5 Å². The Kier molecular flexibility index (Phi) is 6.63. The van der Waals surface area contributed by atoms with Crippen LogP contribution < -0.4 is 11.5 Å². The topological polar surface area (TPSA) is 139 Å². The van der Waals surface area contributed by atoms with Crippen LogP contribution in [0.1, 0.15) is 4.88 Å². The number of thioether (sulfide) groups is 1. The number of thiophene rings is 1. The van der Waals surface area contributed by atoms with E-state index in [1.807, 2.05) is 0 Å². The van der Waals surface area contributed by atoms with E-state index >= 15 is 0 Å². The zero-order chi connectivity index (χ0) is 22.1. The first-order valence-corrected chi connectivity index (χ1v) is 14.0. The number of nitrogens with two attached hydrogens (primary N) is 2. The number of hydrogen-bond donors (Lipinski definition) is 3. The highest BCUT2D eigenvalue weighted by Gasteiger charge is 2.27. The molecule has 2 aromatic carbocycles. The monoisotopic (exact) mass is 544 g/mol. The molecule has 7 nitrogen and oxygen atoms in total. The molecule has 1 atom stereocenters. The van der Waals surface area contributed by atoms with E-state index in [2.05, 4.69) is 19.7 Å². The van der Waals surface area contributed by atoms with Gasteiger partial charge in [0.05, 0.1) is 23.8 Å². The van der Waals surface area contributed by atoms with Crippen LogP contribution >= 0.6 is 39.0 Å². The molecule has 1 aromatic heterocycles. The van der Waals surface area contributed by atoms with Crippen molar-refractivity contribution in [2.24, 2.45) is 9.50 Å². The molecule has 1 unspecified atom stereocenters. The van der Waals surface area contributed by atoms with Gasteiger partial charge in [-0.15, -0.1) is 23.1 Å². The molecule has 0 saturated carbocycles. The Hall–Kier alpha value is -1.86. The summed E-state index contributed by atoms with van der Waals surface area (Å²) in [5.41, 5.74) is 11.7. The van der Waals surface area contributed by atoms with Crippen LogP contribution in [0.15, 0.2) is 81.7 Å². The van der Waals surface area contributed by atoms with Crippen molar-refractivity contribution in [1.29, 1.82) is 5.41 Å². The van der Waals surface area contributed by atoms with Crippen LogP contribution in [-0.4, -0.2) is 24.7 Å². The Morgan fingerprint density at radius 3 is 2.33 bits per heavy atom. The summed E-state index contributed by atoms with van der Waals surface area (Å²) in [4.78, 5) is 0.700. The van der Waals surface area contributed by atoms with Crippen LogP contribution in [-0.2, 0) is 19.8 Å². The molecule has 3 rings (SSSR count). The average molecular weight is 546 g/mol. The number of anilines is 1. The number of nitrogens with zero attached hydrogens (tertiary/aromatic N) is 1. The first-order chi connectivity index (χ1) is 14.1. The van der Waals surface area contributed by atoms with E-state index in [0.717, 1.165) is 0 Å². The molecule has 12 heteroatoms. The molecule has 0 aliphatic heterocycles. The van der Waals surface area contributed by atoms with Gasteiger partial charge >= 0.3 is 0 Å². The summed E-state index contributed by atoms with van der Waals surface area (Å²) in [7, 11) is -7.92. The van der Waals surface area contributed by atoms with Gasteiger partial charge in [-0.2, -0.15) is 8.42 Å². The summed E-state index contributed by atoms with van der Waals surface area (Å²) >= 11 is 5.79. The average Bonchev–Trinajstić information content (AvgIpc) is 3.13. The Morgan fingerprint density at radius 2 is 1.77 bits per heavy atom. The van der Waals surface area contributed by atoms with E-state index in [4.69, 9.17) is 16.9 Å². The van der Waals surface area contributed by atoms with Gasteiger partial charge in [-0.25, -0.2) is 4.21 Å². The van der Waals surface area contributed by atoms with Crippen molar-refractivity contribution < 1.29 is 12.6 Å². The van der Waals surface area contributed by atoms with Crippen LogP contribution in [0.5, 0.6) is 0 Å². The summed E-state index contributed by atoms with van der Waals surface area (Å²) in [5.74, 6) is -0.195. The normalized spacial score (nSPS) is 13.5. The summed E-state index contributed by atoms with van der Waals surface area (Å²) in [6.07, 6.45) is 1.77. The molecule has 5 N–H and O–H groups in total. The Morgan fingerprint density at radius 1 is 1.10 bits per heavy atom. The maximum atomic E-state index is 14.3. The van der Waals surface area contributed by atoms with E-state index in [9.17, 15) is 12.6 Å². The molecule has 0 amide bonds. The highest BCUT2D eigenvalue weighted by Crippen LogP contribution is 2.39. The van der Waals surface area contributed by atoms with Gasteiger partial charge in [-0.05, 0) is 54.8 Å². The first-order valence-electron chi connectivity index (χ1n) is 8.23. The summed E-state index contributed by atoms with van der Waals surface area (Å²) < 4.78 is 45.5. The van der Waals surface area contributed by atoms with E-state index in [-0.39, 0.29) is 20.5 Å². The zero-order valence-corrected chi connectivity index (χ0v) is 20.4. The molecule has 158 valence electrons. The van der Waals surface area contributed by atoms with E-state index < -0.39 is 19.8 Å². The number of rotatable bonds is 6. The Labute approximate surface area is 191 Å². The molecule has 3 aromatic rings. The number of halogens is 1. The van der Waals surface area contributed by atoms with E-state index in [1.165, 1.54) is 53.4 Å². The number of hydrogen-bond acceptors (Lipinski definition) is 7. The number of benzene rings is 2. The third-order valence-electron chi connectivity index (χ3n) is 3.91. The molecular formula is C18H17BrN4O3S4. The standard InChI is InChI=1S/C18H17BrN4O3S4/c1-27-18-16(10-15(28-18)17(21)22)29(24,14-4-2-3-11(19)9-14)23-30(25,26)13-7-5-12(20)6-8-13/h2-10H,20H2,1H3,(H3,21,22). The molecule has 0 spiro atoms. The largest absolute Gasteiger partial charge is 0.399 e. The zero-order valence-electron chi connectivity index (χ0n) is 15.5. The van der Waals surface area contributed by atoms with Crippen molar-refractivity contribution >= 4 is 70.3 Å². The molecule has 0 aliphatic rings. The second kappa shape index (κ2) is 8.71. The minimum Gasteiger partial charge on any atom is -0.399 e. The van der Waals surface area contributed by atoms with Crippen molar-refractivity contribution in [2.75, 3.05) is 12.0 Å². The van der Waals surface area contributed by atoms with Gasteiger partial charge in [0, 0.05) is 10.2 Å². The second-order valence-corrected chi connectivity index (χ2v) is 13.0. The third kappa shape index (κ3) is 4.57. The van der Waals surface area contributed by atoms with Gasteiger partial charge in [-0.1, -0.05) is 25.8 Å². The molecule has 0 aliphatic carbocycles. The smallest absolute Gasteiger partial charge is 0.290 e. The SMILES string of the molecule is CSc1sc(C(=N)N)cc1S(=O)(=NS(=O)(=O)c1ccc(N)cc1)c1cccc(Br)c1. The van der Waals surface area contributed by atoms with Gasteiger partial charge < -0.3 is 11.5 Å². The number of amidine groups is 1. The van der Waals surface area contributed by atoms with Crippen molar-refractivity contribution in [3.63, 3.8) is 0 Å². The number of sulfonamides is 1. The summed E-state index contributed by atoms with van der Waals surface area (Å²) in [5, 5.41) is 7.72. The van der Waals surface area contributed by atoms with E-state index in [0.29, 0.717) is 19.2 Å². The predicted molar refractivity (Wildman–Crippen MR) is 126 cm³/mol. The minimum absolute atomic E-state index is 0.118. The minimum atomic E-state index is -4.29. The quantitative estimate of drug-likeness (QED) is 0.182. The lowest BCUT2D eigenvalue weighted by atomic mass is 10.3. The van der Waals surface area contributed by atoms with Crippen LogP contribution in [0.4, 0.5) is 5.69 Å². The second-order valence-electron chi connectivity index (χ2n) is 5.98. The lowest BCUT2D eigenvalue weighted by Crippen LogP contribution is -2.10. The van der Waals surface area contributed by atoms with Crippen molar-refractivity contribution in [3.8, 4) is 0 Å². The summed E-state index contributed by atoms with van der Waals surface area (Å²) in [6, 6.07) is 13.5. The van der Waals surface area contributed by atoms with Crippen molar-refractivity contribution in [1.82, 2.24) is 0 Å². The van der Waals surface area contributed by atoms with Crippen molar-refractivity contribution in [3.05, 3.63) is 63.9 Å². The number of nitrogen functional groups attached to an aromatic ring is 2. The maximum Gasteiger partial charge on any atom is 0.290 e. The molecule has 0 saturated heterocycles. The van der Waals surface area contributed by atoms with Gasteiger partial charge in [0.2, 0.25) is 0 Å². The molecule has 0 radical (unpaired) electrons. The maximum absolute atomic E-state index is 14.3. The van der Waals surface area contributed by atoms with Gasteiger partial charge in [0.15, 0.2) is 0 Å². The molecule has 0 fully saturated rings. The molecule has 30 heavy (non-hydrogen) atoms. The van der Waals surface area contributed by atoms with Gasteiger partial charge in [0.25, 0.3) is 10.0 Å². The molecule has 1 heterocycles. The third-order valence-corrected chi connectivity index (χ3v) is 11.3. The molecular weight excluding hydrogens is 528 g/mol. The first kappa shape index (κ1) is 22.8. The van der Waals surface area contributed by atoms with Crippen LogP contribution in [0.2, 0.25) is 0 Å². The molecule has 0 bridgehead atoms. The van der Waals surface area contributed by atoms with Gasteiger partial charge in [-0.3, -0.25) is 5.41 Å². The van der Waals surface area contributed by atoms with Gasteiger partial charge in [0.1, 0.15) is 15.6 Å². The Bertz CT molecular complexity index is 1340. The fraction of sp³-hybridized carbons (Fsp3) is 0.0556. The van der Waals surface area contributed by atoms with Crippen LogP contribution in [0.25, 0.3) is 0 Å². The highest BCUT2D eigenvalue weighted by atomic mass is 79.9. The lowest BCUT2D eigenvalue weighted by Gasteiger charge is -2.12. The Balaban J connectivity index is 2.37. The highest BCUT2D eigenvalue weighted by molar-refractivity contribution is 9.10. The fourth-order valence-corrected chi connectivity index (χ4v) is 9.58. The fourth-order valence-electron chi connectivity index (χ4n) is 2.50. The lowest BCUT2D eigenvalue weighted by molar-refractivity contribution is 0.598. The summed E-state index contributed by atoms with van der Waals surface area (Å²) in [6.45, 7) is 0. The predicted octanol–water partition coefficient (Wildman–Crippen LogP) is 4.37. The van der Waals surface area contributed by atoms with Crippen LogP contribution in [0.3, 0.4) is 0 Å².